The fraction of sp³-hybridized carbons (Fsp3) is 0.500. The Labute approximate surface area is 120 Å². The van der Waals surface area contributed by atoms with Crippen molar-refractivity contribution in [3.63, 3.8) is 0 Å². The van der Waals surface area contributed by atoms with Gasteiger partial charge in [-0.2, -0.15) is 0 Å². The molecule has 1 aromatic carbocycles. The maximum absolute atomic E-state index is 11.3. The monoisotopic (exact) mass is 284 g/mol. The van der Waals surface area contributed by atoms with E-state index in [0.29, 0.717) is 11.6 Å². The lowest BCUT2D eigenvalue weighted by Crippen LogP contribution is -2.34. The molecule has 0 amide bonds. The van der Waals surface area contributed by atoms with E-state index in [2.05, 4.69) is 9.64 Å². The van der Waals surface area contributed by atoms with Crippen molar-refractivity contribution in [1.29, 1.82) is 0 Å². The summed E-state index contributed by atoms with van der Waals surface area (Å²) in [6.07, 6.45) is 2.42. The molecule has 0 aromatic heterocycles. The number of esters is 1. The Morgan fingerprint density at radius 1 is 1.42 bits per heavy atom. The van der Waals surface area contributed by atoms with E-state index in [1.807, 2.05) is 24.3 Å². The van der Waals surface area contributed by atoms with Crippen LogP contribution < -0.4 is 5.73 Å². The van der Waals surface area contributed by atoms with Crippen molar-refractivity contribution in [2.45, 2.75) is 25.4 Å². The smallest absolute Gasteiger partial charge is 0.337 e. The highest BCUT2D eigenvalue weighted by Crippen LogP contribution is 2.19. The minimum Gasteiger partial charge on any atom is -0.465 e. The van der Waals surface area contributed by atoms with Crippen LogP contribution in [0, 0.1) is 0 Å². The quantitative estimate of drug-likeness (QED) is 0.857. The zero-order valence-electron chi connectivity index (χ0n) is 11.2. The first-order valence-electron chi connectivity index (χ1n) is 6.36. The molecular weight excluding hydrogens is 264 g/mol. The maximum Gasteiger partial charge on any atom is 0.337 e. The fourth-order valence-corrected chi connectivity index (χ4v) is 2.47. The van der Waals surface area contributed by atoms with E-state index >= 15 is 0 Å². The van der Waals surface area contributed by atoms with Crippen LogP contribution in [0.2, 0.25) is 0 Å². The van der Waals surface area contributed by atoms with E-state index in [4.69, 9.17) is 5.73 Å². The SMILES string of the molecule is COC(=O)c1ccc(CN2CCCC2CN)cc1.Cl. The number of hydrogen-bond acceptors (Lipinski definition) is 4. The molecule has 106 valence electrons. The van der Waals surface area contributed by atoms with Crippen LogP contribution in [0.3, 0.4) is 0 Å². The molecule has 1 aliphatic heterocycles. The minimum absolute atomic E-state index is 0. The maximum atomic E-state index is 11.3. The molecule has 4 nitrogen and oxygen atoms in total. The lowest BCUT2D eigenvalue weighted by Gasteiger charge is -2.23. The van der Waals surface area contributed by atoms with Crippen molar-refractivity contribution >= 4 is 18.4 Å². The van der Waals surface area contributed by atoms with Crippen LogP contribution in [0.15, 0.2) is 24.3 Å². The number of hydrogen-bond donors (Lipinski definition) is 1. The molecule has 1 aliphatic rings. The summed E-state index contributed by atoms with van der Waals surface area (Å²) in [6, 6.07) is 8.10. The molecule has 5 heteroatoms. The minimum atomic E-state index is -0.289. The lowest BCUT2D eigenvalue weighted by atomic mass is 10.1. The van der Waals surface area contributed by atoms with Gasteiger partial charge in [0.25, 0.3) is 0 Å². The van der Waals surface area contributed by atoms with Crippen LogP contribution in [0.25, 0.3) is 0 Å². The van der Waals surface area contributed by atoms with Crippen molar-refractivity contribution in [3.05, 3.63) is 35.4 Å². The van der Waals surface area contributed by atoms with Gasteiger partial charge in [0.1, 0.15) is 0 Å². The van der Waals surface area contributed by atoms with Gasteiger partial charge in [0.05, 0.1) is 12.7 Å². The van der Waals surface area contributed by atoms with E-state index in [0.717, 1.165) is 19.6 Å². The molecule has 0 bridgehead atoms. The summed E-state index contributed by atoms with van der Waals surface area (Å²) in [6.45, 7) is 2.74. The Morgan fingerprint density at radius 3 is 2.68 bits per heavy atom. The second kappa shape index (κ2) is 7.48. The molecule has 1 fully saturated rings. The van der Waals surface area contributed by atoms with Crippen LogP contribution in [0.5, 0.6) is 0 Å². The molecule has 0 aliphatic carbocycles. The fourth-order valence-electron chi connectivity index (χ4n) is 2.47. The van der Waals surface area contributed by atoms with E-state index in [9.17, 15) is 4.79 Å². The standard InChI is InChI=1S/C14H20N2O2.ClH/c1-18-14(17)12-6-4-11(5-7-12)10-16-8-2-3-13(16)9-15;/h4-7,13H,2-3,8-10,15H2,1H3;1H. The van der Waals surface area contributed by atoms with Crippen molar-refractivity contribution in [3.8, 4) is 0 Å². The van der Waals surface area contributed by atoms with Crippen molar-refractivity contribution in [1.82, 2.24) is 4.90 Å². The third-order valence-electron chi connectivity index (χ3n) is 3.53. The van der Waals surface area contributed by atoms with Gasteiger partial charge in [0.15, 0.2) is 0 Å². The van der Waals surface area contributed by atoms with Gasteiger partial charge in [-0.05, 0) is 37.1 Å². The topological polar surface area (TPSA) is 55.6 Å². The summed E-state index contributed by atoms with van der Waals surface area (Å²) in [4.78, 5) is 13.7. The van der Waals surface area contributed by atoms with E-state index in [1.165, 1.54) is 25.5 Å². The molecule has 19 heavy (non-hydrogen) atoms. The molecule has 1 unspecified atom stereocenters. The first-order chi connectivity index (χ1) is 8.74. The van der Waals surface area contributed by atoms with Gasteiger partial charge in [-0.3, -0.25) is 4.90 Å². The van der Waals surface area contributed by atoms with Crippen LogP contribution >= 0.6 is 12.4 Å². The van der Waals surface area contributed by atoms with Crippen molar-refractivity contribution in [2.75, 3.05) is 20.2 Å². The number of halogens is 1. The molecule has 1 saturated heterocycles. The van der Waals surface area contributed by atoms with E-state index < -0.39 is 0 Å². The molecule has 0 spiro atoms. The number of carbonyl (C=O) groups is 1. The Kier molecular flexibility index (Phi) is 6.28. The third-order valence-corrected chi connectivity index (χ3v) is 3.53. The van der Waals surface area contributed by atoms with E-state index in [1.54, 1.807) is 0 Å². The highest BCUT2D eigenvalue weighted by molar-refractivity contribution is 5.89. The predicted octanol–water partition coefficient (Wildman–Crippen LogP) is 1.82. The van der Waals surface area contributed by atoms with Crippen LogP contribution in [-0.2, 0) is 11.3 Å². The molecule has 0 saturated carbocycles. The number of carbonyl (C=O) groups excluding carboxylic acids is 1. The van der Waals surface area contributed by atoms with Gasteiger partial charge >= 0.3 is 5.97 Å². The largest absolute Gasteiger partial charge is 0.465 e. The lowest BCUT2D eigenvalue weighted by molar-refractivity contribution is 0.0600. The van der Waals surface area contributed by atoms with Crippen LogP contribution in [0.4, 0.5) is 0 Å². The summed E-state index contributed by atoms with van der Waals surface area (Å²) < 4.78 is 4.68. The van der Waals surface area contributed by atoms with Gasteiger partial charge < -0.3 is 10.5 Å². The van der Waals surface area contributed by atoms with Crippen LogP contribution in [0.1, 0.15) is 28.8 Å². The van der Waals surface area contributed by atoms with Gasteiger partial charge in [-0.25, -0.2) is 4.79 Å². The average molecular weight is 285 g/mol. The second-order valence-corrected chi connectivity index (χ2v) is 4.69. The molecule has 0 radical (unpaired) electrons. The first-order valence-corrected chi connectivity index (χ1v) is 6.36. The Morgan fingerprint density at radius 2 is 2.11 bits per heavy atom. The van der Waals surface area contributed by atoms with Gasteiger partial charge in [-0.15, -0.1) is 12.4 Å². The first kappa shape index (κ1) is 16.0. The highest BCUT2D eigenvalue weighted by atomic mass is 35.5. The Bertz CT molecular complexity index is 408. The number of nitrogens with zero attached hydrogens (tertiary/aromatic N) is 1. The Hall–Kier alpha value is -1.10. The van der Waals surface area contributed by atoms with Gasteiger partial charge in [0.2, 0.25) is 0 Å². The number of methoxy groups -OCH3 is 1. The van der Waals surface area contributed by atoms with Crippen molar-refractivity contribution in [2.24, 2.45) is 5.73 Å². The number of benzene rings is 1. The molecule has 2 N–H and O–H groups in total. The van der Waals surface area contributed by atoms with Crippen molar-refractivity contribution < 1.29 is 9.53 Å². The average Bonchev–Trinajstić information content (AvgIpc) is 2.86. The number of nitrogens with two attached hydrogens (primary N) is 1. The summed E-state index contributed by atoms with van der Waals surface area (Å²) in [5.41, 5.74) is 7.56. The predicted molar refractivity (Wildman–Crippen MR) is 77.5 cm³/mol. The Balaban J connectivity index is 0.00000180. The molecule has 2 rings (SSSR count). The summed E-state index contributed by atoms with van der Waals surface area (Å²) in [7, 11) is 1.40. The van der Waals surface area contributed by atoms with Gasteiger partial charge in [-0.1, -0.05) is 12.1 Å². The summed E-state index contributed by atoms with van der Waals surface area (Å²) >= 11 is 0. The normalized spacial score (nSPS) is 18.9. The summed E-state index contributed by atoms with van der Waals surface area (Å²) in [5.74, 6) is -0.289. The number of ether oxygens (including phenoxy) is 1. The zero-order chi connectivity index (χ0) is 13.0. The molecule has 1 atom stereocenters. The molecule has 1 aromatic rings. The van der Waals surface area contributed by atoms with Gasteiger partial charge in [0, 0.05) is 19.1 Å². The molecular formula is C14H21ClN2O2. The van der Waals surface area contributed by atoms with E-state index in [-0.39, 0.29) is 18.4 Å². The highest BCUT2D eigenvalue weighted by Gasteiger charge is 2.22. The van der Waals surface area contributed by atoms with Crippen LogP contribution in [-0.4, -0.2) is 37.1 Å². The second-order valence-electron chi connectivity index (χ2n) is 4.69. The molecule has 1 heterocycles. The summed E-state index contributed by atoms with van der Waals surface area (Å²) in [5, 5.41) is 0. The third kappa shape index (κ3) is 3.93. The number of likely N-dealkylation sites (tertiary alicyclic amines) is 1. The zero-order valence-corrected chi connectivity index (χ0v) is 12.0. The number of rotatable bonds is 4.